The van der Waals surface area contributed by atoms with E-state index in [0.717, 1.165) is 11.1 Å². The maximum absolute atomic E-state index is 13.7. The lowest BCUT2D eigenvalue weighted by Crippen LogP contribution is -2.39. The molecule has 36 heavy (non-hydrogen) atoms. The molecule has 9 heteroatoms. The lowest BCUT2D eigenvalue weighted by atomic mass is 9.95. The first-order chi connectivity index (χ1) is 17.2. The quantitative estimate of drug-likeness (QED) is 0.377. The molecule has 8 nitrogen and oxygen atoms in total. The zero-order chi connectivity index (χ0) is 26.0. The van der Waals surface area contributed by atoms with Gasteiger partial charge in [0.05, 0.1) is 35.6 Å². The number of thiazole rings is 1. The molecule has 0 aliphatic carbocycles. The standard InChI is InChI=1S/C27H26N2O6S/c1-6-34-26(32)23-16(3)28-27-29(24(23)19-10-7-15(2)8-11-19)25(31)22(36-27)14-18-9-12-20(35-17(4)30)21(13-18)33-5/h7-14,24H,6H2,1-5H3/b22-14+/t24-/m1/s1. The summed E-state index contributed by atoms with van der Waals surface area (Å²) >= 11 is 1.23. The van der Waals surface area contributed by atoms with Crippen molar-refractivity contribution in [1.82, 2.24) is 4.57 Å². The van der Waals surface area contributed by atoms with Gasteiger partial charge in [-0.3, -0.25) is 14.2 Å². The molecule has 0 radical (unpaired) electrons. The number of hydrogen-bond donors (Lipinski definition) is 0. The van der Waals surface area contributed by atoms with Gasteiger partial charge in [0.15, 0.2) is 16.3 Å². The number of carbonyl (C=O) groups excluding carboxylic acids is 2. The van der Waals surface area contributed by atoms with Crippen molar-refractivity contribution >= 4 is 29.4 Å². The van der Waals surface area contributed by atoms with E-state index in [1.807, 2.05) is 31.2 Å². The minimum atomic E-state index is -0.663. The lowest BCUT2D eigenvalue weighted by molar-refractivity contribution is -0.139. The van der Waals surface area contributed by atoms with Gasteiger partial charge >= 0.3 is 11.9 Å². The molecule has 1 atom stereocenters. The number of methoxy groups -OCH3 is 1. The van der Waals surface area contributed by atoms with Crippen LogP contribution in [0.2, 0.25) is 0 Å². The molecule has 0 bridgehead atoms. The molecule has 2 aromatic carbocycles. The van der Waals surface area contributed by atoms with E-state index in [1.54, 1.807) is 42.7 Å². The second-order valence-corrected chi connectivity index (χ2v) is 9.23. The summed E-state index contributed by atoms with van der Waals surface area (Å²) in [6, 6.07) is 12.1. The largest absolute Gasteiger partial charge is 0.493 e. The second kappa shape index (κ2) is 10.3. The summed E-state index contributed by atoms with van der Waals surface area (Å²) in [5, 5.41) is 0. The third-order valence-electron chi connectivity index (χ3n) is 5.65. The molecule has 0 fully saturated rings. The molecule has 2 heterocycles. The van der Waals surface area contributed by atoms with Gasteiger partial charge in [-0.15, -0.1) is 0 Å². The van der Waals surface area contributed by atoms with Crippen molar-refractivity contribution in [3.05, 3.63) is 90.1 Å². The first-order valence-corrected chi connectivity index (χ1v) is 12.2. The van der Waals surface area contributed by atoms with Gasteiger partial charge in [-0.2, -0.15) is 0 Å². The fourth-order valence-corrected chi connectivity index (χ4v) is 5.07. The first-order valence-electron chi connectivity index (χ1n) is 11.4. The number of aryl methyl sites for hydroxylation is 1. The number of ether oxygens (including phenoxy) is 3. The molecule has 0 N–H and O–H groups in total. The molecule has 0 unspecified atom stereocenters. The van der Waals surface area contributed by atoms with Gasteiger partial charge < -0.3 is 14.2 Å². The normalized spacial score (nSPS) is 15.2. The maximum Gasteiger partial charge on any atom is 0.338 e. The summed E-state index contributed by atoms with van der Waals surface area (Å²) in [7, 11) is 1.47. The van der Waals surface area contributed by atoms with Crippen LogP contribution in [0.5, 0.6) is 11.5 Å². The van der Waals surface area contributed by atoms with Crippen LogP contribution in [0, 0.1) is 6.92 Å². The van der Waals surface area contributed by atoms with Gasteiger partial charge in [0.25, 0.3) is 5.56 Å². The molecule has 1 aromatic heterocycles. The number of esters is 2. The van der Waals surface area contributed by atoms with E-state index in [2.05, 4.69) is 4.99 Å². The van der Waals surface area contributed by atoms with Crippen LogP contribution in [0.1, 0.15) is 43.5 Å². The van der Waals surface area contributed by atoms with Crippen molar-refractivity contribution in [3.8, 4) is 11.5 Å². The van der Waals surface area contributed by atoms with Gasteiger partial charge in [0.1, 0.15) is 0 Å². The Morgan fingerprint density at radius 1 is 1.11 bits per heavy atom. The number of rotatable bonds is 6. The number of allylic oxidation sites excluding steroid dienone is 1. The molecule has 3 aromatic rings. The predicted molar refractivity (Wildman–Crippen MR) is 136 cm³/mol. The van der Waals surface area contributed by atoms with E-state index in [-0.39, 0.29) is 17.9 Å². The van der Waals surface area contributed by atoms with Crippen LogP contribution in [0.3, 0.4) is 0 Å². The van der Waals surface area contributed by atoms with Crippen LogP contribution >= 0.6 is 11.3 Å². The summed E-state index contributed by atoms with van der Waals surface area (Å²) in [5.41, 5.74) is 3.11. The molecule has 0 amide bonds. The van der Waals surface area contributed by atoms with E-state index in [9.17, 15) is 14.4 Å². The van der Waals surface area contributed by atoms with Crippen molar-refractivity contribution < 1.29 is 23.8 Å². The van der Waals surface area contributed by atoms with Crippen molar-refractivity contribution in [3.63, 3.8) is 0 Å². The average molecular weight is 507 g/mol. The van der Waals surface area contributed by atoms with Crippen LogP contribution < -0.4 is 24.4 Å². The fourth-order valence-electron chi connectivity index (χ4n) is 4.02. The minimum absolute atomic E-state index is 0.214. The maximum atomic E-state index is 13.7. The Morgan fingerprint density at radius 3 is 2.47 bits per heavy atom. The Morgan fingerprint density at radius 2 is 1.83 bits per heavy atom. The van der Waals surface area contributed by atoms with E-state index in [1.165, 1.54) is 25.4 Å². The predicted octanol–water partition coefficient (Wildman–Crippen LogP) is 3.04. The average Bonchev–Trinajstić information content (AvgIpc) is 3.13. The second-order valence-electron chi connectivity index (χ2n) is 8.22. The van der Waals surface area contributed by atoms with Crippen LogP contribution in [0.15, 0.2) is 63.5 Å². The van der Waals surface area contributed by atoms with Crippen LogP contribution in [-0.2, 0) is 14.3 Å². The van der Waals surface area contributed by atoms with Gasteiger partial charge in [-0.05, 0) is 50.1 Å². The highest BCUT2D eigenvalue weighted by molar-refractivity contribution is 7.07. The van der Waals surface area contributed by atoms with Crippen LogP contribution in [0.25, 0.3) is 6.08 Å². The Hall–Kier alpha value is -3.98. The number of benzene rings is 2. The SMILES string of the molecule is CCOC(=O)C1=C(C)N=c2s/c(=C/c3ccc(OC(C)=O)c(OC)c3)c(=O)n2[C@@H]1c1ccc(C)cc1. The highest BCUT2D eigenvalue weighted by atomic mass is 32.1. The highest BCUT2D eigenvalue weighted by Gasteiger charge is 2.33. The summed E-state index contributed by atoms with van der Waals surface area (Å²) in [6.45, 7) is 6.99. The van der Waals surface area contributed by atoms with Crippen molar-refractivity contribution in [1.29, 1.82) is 0 Å². The molecule has 4 rings (SSSR count). The molecule has 1 aliphatic rings. The van der Waals surface area contributed by atoms with E-state index < -0.39 is 18.0 Å². The van der Waals surface area contributed by atoms with E-state index in [4.69, 9.17) is 14.2 Å². The molecule has 1 aliphatic heterocycles. The molecular formula is C27H26N2O6S. The Kier molecular flexibility index (Phi) is 7.21. The van der Waals surface area contributed by atoms with E-state index >= 15 is 0 Å². The molecule has 0 saturated heterocycles. The number of aromatic nitrogens is 1. The summed E-state index contributed by atoms with van der Waals surface area (Å²) in [5.74, 6) is -0.301. The van der Waals surface area contributed by atoms with Gasteiger partial charge in [-0.25, -0.2) is 9.79 Å². The molecule has 0 spiro atoms. The van der Waals surface area contributed by atoms with Crippen molar-refractivity contribution in [2.75, 3.05) is 13.7 Å². The number of nitrogens with zero attached hydrogens (tertiary/aromatic N) is 2. The van der Waals surface area contributed by atoms with Crippen molar-refractivity contribution in [2.24, 2.45) is 4.99 Å². The smallest absolute Gasteiger partial charge is 0.338 e. The highest BCUT2D eigenvalue weighted by Crippen LogP contribution is 2.31. The zero-order valence-corrected chi connectivity index (χ0v) is 21.5. The Labute approximate surface area is 211 Å². The number of hydrogen-bond acceptors (Lipinski definition) is 8. The lowest BCUT2D eigenvalue weighted by Gasteiger charge is -2.24. The zero-order valence-electron chi connectivity index (χ0n) is 20.7. The number of fused-ring (bicyclic) bond motifs is 1. The van der Waals surface area contributed by atoms with Gasteiger partial charge in [0.2, 0.25) is 0 Å². The summed E-state index contributed by atoms with van der Waals surface area (Å²) in [6.07, 6.45) is 1.72. The molecule has 0 saturated carbocycles. The topological polar surface area (TPSA) is 96.2 Å². The minimum Gasteiger partial charge on any atom is -0.493 e. The molecular weight excluding hydrogens is 480 g/mol. The van der Waals surface area contributed by atoms with Crippen LogP contribution in [0.4, 0.5) is 0 Å². The summed E-state index contributed by atoms with van der Waals surface area (Å²) in [4.78, 5) is 43.0. The Bertz CT molecular complexity index is 1550. The first kappa shape index (κ1) is 25.1. The monoisotopic (exact) mass is 506 g/mol. The van der Waals surface area contributed by atoms with Crippen LogP contribution in [-0.4, -0.2) is 30.2 Å². The third-order valence-corrected chi connectivity index (χ3v) is 6.63. The molecule has 186 valence electrons. The fraction of sp³-hybridized carbons (Fsp3) is 0.259. The summed E-state index contributed by atoms with van der Waals surface area (Å²) < 4.78 is 17.8. The van der Waals surface area contributed by atoms with Crippen molar-refractivity contribution in [2.45, 2.75) is 33.7 Å². The third kappa shape index (κ3) is 4.87. The Balaban J connectivity index is 1.89. The van der Waals surface area contributed by atoms with Gasteiger partial charge in [0, 0.05) is 6.92 Å². The van der Waals surface area contributed by atoms with Gasteiger partial charge in [-0.1, -0.05) is 47.2 Å². The van der Waals surface area contributed by atoms with E-state index in [0.29, 0.717) is 31.9 Å². The number of carbonyl (C=O) groups is 2.